The summed E-state index contributed by atoms with van der Waals surface area (Å²) >= 11 is 0. The average Bonchev–Trinajstić information content (AvgIpc) is 3.39. The van der Waals surface area contributed by atoms with Gasteiger partial charge in [-0.2, -0.15) is 0 Å². The van der Waals surface area contributed by atoms with E-state index < -0.39 is 0 Å². The molecule has 160 valence electrons. The molecule has 0 atom stereocenters. The molecule has 0 fully saturated rings. The fourth-order valence-corrected chi connectivity index (χ4v) is 3.24. The Kier molecular flexibility index (Phi) is 5.70. The predicted molar refractivity (Wildman–Crippen MR) is 121 cm³/mol. The molecule has 0 bridgehead atoms. The summed E-state index contributed by atoms with van der Waals surface area (Å²) in [6.07, 6.45) is 8.21. The summed E-state index contributed by atoms with van der Waals surface area (Å²) in [7, 11) is 0. The van der Waals surface area contributed by atoms with Gasteiger partial charge < -0.3 is 15.2 Å². The number of aryl methyl sites for hydroxylation is 1. The van der Waals surface area contributed by atoms with E-state index in [1.807, 2.05) is 53.5 Å². The Morgan fingerprint density at radius 2 is 1.87 bits per heavy atom. The molecule has 2 N–H and O–H groups in total. The van der Waals surface area contributed by atoms with E-state index in [2.05, 4.69) is 46.5 Å². The number of benzene rings is 1. The van der Waals surface area contributed by atoms with Gasteiger partial charge in [-0.15, -0.1) is 5.10 Å². The SMILES string of the molecule is CC(C)(C)c1ccc(C(=O)Nc2cn3nc(NCCCn4ccnc4)ccc3n2)cc1. The zero-order valence-electron chi connectivity index (χ0n) is 18.0. The summed E-state index contributed by atoms with van der Waals surface area (Å²) in [4.78, 5) is 21.1. The van der Waals surface area contributed by atoms with Crippen molar-refractivity contribution in [1.82, 2.24) is 24.1 Å². The van der Waals surface area contributed by atoms with Crippen molar-refractivity contribution in [3.05, 3.63) is 72.4 Å². The van der Waals surface area contributed by atoms with Gasteiger partial charge in [0.15, 0.2) is 11.5 Å². The highest BCUT2D eigenvalue weighted by Gasteiger charge is 2.15. The number of aromatic nitrogens is 5. The molecule has 1 amide bonds. The molecular weight excluding hydrogens is 390 g/mol. The fraction of sp³-hybridized carbons (Fsp3) is 0.304. The van der Waals surface area contributed by atoms with Crippen LogP contribution in [0.25, 0.3) is 5.65 Å². The molecule has 0 aliphatic rings. The van der Waals surface area contributed by atoms with Crippen LogP contribution >= 0.6 is 0 Å². The molecule has 0 unspecified atom stereocenters. The maximum absolute atomic E-state index is 12.6. The van der Waals surface area contributed by atoms with Gasteiger partial charge in [0.05, 0.1) is 12.5 Å². The van der Waals surface area contributed by atoms with E-state index in [0.29, 0.717) is 17.0 Å². The second-order valence-electron chi connectivity index (χ2n) is 8.51. The number of hydrogen-bond donors (Lipinski definition) is 2. The number of fused-ring (bicyclic) bond motifs is 1. The quantitative estimate of drug-likeness (QED) is 0.444. The lowest BCUT2D eigenvalue weighted by Gasteiger charge is -2.18. The topological polar surface area (TPSA) is 89.1 Å². The molecule has 0 radical (unpaired) electrons. The van der Waals surface area contributed by atoms with E-state index in [0.717, 1.165) is 25.3 Å². The van der Waals surface area contributed by atoms with E-state index >= 15 is 0 Å². The van der Waals surface area contributed by atoms with Crippen LogP contribution in [0.15, 0.2) is 61.3 Å². The smallest absolute Gasteiger partial charge is 0.256 e. The molecule has 1 aromatic carbocycles. The molecule has 0 saturated heterocycles. The van der Waals surface area contributed by atoms with E-state index in [1.165, 1.54) is 5.56 Å². The zero-order valence-corrected chi connectivity index (χ0v) is 18.0. The van der Waals surface area contributed by atoms with Crippen LogP contribution in [-0.4, -0.2) is 36.6 Å². The number of nitrogens with one attached hydrogen (secondary N) is 2. The third-order valence-electron chi connectivity index (χ3n) is 5.03. The number of nitrogens with zero attached hydrogens (tertiary/aromatic N) is 5. The molecule has 8 heteroatoms. The fourth-order valence-electron chi connectivity index (χ4n) is 3.24. The molecule has 0 saturated carbocycles. The van der Waals surface area contributed by atoms with Gasteiger partial charge >= 0.3 is 0 Å². The largest absolute Gasteiger partial charge is 0.369 e. The Bertz CT molecular complexity index is 1160. The average molecular weight is 418 g/mol. The summed E-state index contributed by atoms with van der Waals surface area (Å²) in [5.74, 6) is 1.03. The van der Waals surface area contributed by atoms with Crippen molar-refractivity contribution in [2.24, 2.45) is 0 Å². The van der Waals surface area contributed by atoms with Crippen molar-refractivity contribution in [3.63, 3.8) is 0 Å². The predicted octanol–water partition coefficient (Wildman–Crippen LogP) is 3.98. The Hall–Kier alpha value is -3.68. The maximum Gasteiger partial charge on any atom is 0.256 e. The normalized spacial score (nSPS) is 11.6. The van der Waals surface area contributed by atoms with E-state index in [1.54, 1.807) is 16.9 Å². The maximum atomic E-state index is 12.6. The lowest BCUT2D eigenvalue weighted by Crippen LogP contribution is -2.14. The van der Waals surface area contributed by atoms with Crippen LogP contribution < -0.4 is 10.6 Å². The molecule has 3 heterocycles. The molecule has 8 nitrogen and oxygen atoms in total. The number of amides is 1. The van der Waals surface area contributed by atoms with Crippen molar-refractivity contribution in [1.29, 1.82) is 0 Å². The van der Waals surface area contributed by atoms with E-state index in [-0.39, 0.29) is 11.3 Å². The van der Waals surface area contributed by atoms with Crippen molar-refractivity contribution in [3.8, 4) is 0 Å². The standard InChI is InChI=1S/C23H27N7O/c1-23(2,3)18-7-5-17(6-8-18)22(31)27-20-15-30-21(26-20)10-9-19(28-30)25-11-4-13-29-14-12-24-16-29/h5-10,12,14-16H,4,11,13H2,1-3H3,(H,25,28)(H,27,31). The minimum absolute atomic E-state index is 0.0491. The van der Waals surface area contributed by atoms with Crippen LogP contribution in [0.2, 0.25) is 0 Å². The van der Waals surface area contributed by atoms with Crippen molar-refractivity contribution in [2.75, 3.05) is 17.2 Å². The number of rotatable bonds is 7. The second-order valence-corrected chi connectivity index (χ2v) is 8.51. The van der Waals surface area contributed by atoms with Crippen LogP contribution in [0.4, 0.5) is 11.6 Å². The number of carbonyl (C=O) groups is 1. The van der Waals surface area contributed by atoms with Gasteiger partial charge in [-0.3, -0.25) is 4.79 Å². The summed E-state index contributed by atoms with van der Waals surface area (Å²) in [6, 6.07) is 11.4. The first-order chi connectivity index (χ1) is 14.9. The van der Waals surface area contributed by atoms with E-state index in [9.17, 15) is 4.79 Å². The molecule has 4 rings (SSSR count). The lowest BCUT2D eigenvalue weighted by molar-refractivity contribution is 0.102. The summed E-state index contributed by atoms with van der Waals surface area (Å²) < 4.78 is 3.70. The Labute approximate surface area is 181 Å². The van der Waals surface area contributed by atoms with Crippen LogP contribution in [0.1, 0.15) is 43.1 Å². The van der Waals surface area contributed by atoms with Crippen molar-refractivity contribution >= 4 is 23.2 Å². The zero-order chi connectivity index (χ0) is 21.8. The Morgan fingerprint density at radius 3 is 2.58 bits per heavy atom. The van der Waals surface area contributed by atoms with Crippen LogP contribution in [0.5, 0.6) is 0 Å². The van der Waals surface area contributed by atoms with Gasteiger partial charge in [0.1, 0.15) is 5.82 Å². The summed E-state index contributed by atoms with van der Waals surface area (Å²) in [5.41, 5.74) is 2.50. The first-order valence-corrected chi connectivity index (χ1v) is 10.4. The number of hydrogen-bond acceptors (Lipinski definition) is 5. The first kappa shape index (κ1) is 20.6. The monoisotopic (exact) mass is 417 g/mol. The van der Waals surface area contributed by atoms with Gasteiger partial charge in [0.2, 0.25) is 0 Å². The minimum atomic E-state index is -0.193. The Morgan fingerprint density at radius 1 is 1.06 bits per heavy atom. The molecule has 31 heavy (non-hydrogen) atoms. The summed E-state index contributed by atoms with van der Waals surface area (Å²) in [5, 5.41) is 10.7. The number of imidazole rings is 2. The van der Waals surface area contributed by atoms with Gasteiger partial charge in [-0.25, -0.2) is 14.5 Å². The highest BCUT2D eigenvalue weighted by atomic mass is 16.1. The van der Waals surface area contributed by atoms with Crippen LogP contribution in [0.3, 0.4) is 0 Å². The third-order valence-corrected chi connectivity index (χ3v) is 5.03. The highest BCUT2D eigenvalue weighted by Crippen LogP contribution is 2.22. The second kappa shape index (κ2) is 8.59. The third kappa shape index (κ3) is 5.09. The minimum Gasteiger partial charge on any atom is -0.369 e. The Balaban J connectivity index is 1.36. The highest BCUT2D eigenvalue weighted by molar-refractivity contribution is 6.03. The lowest BCUT2D eigenvalue weighted by atomic mass is 9.87. The van der Waals surface area contributed by atoms with E-state index in [4.69, 9.17) is 0 Å². The van der Waals surface area contributed by atoms with Gasteiger partial charge in [0, 0.05) is 31.0 Å². The molecule has 0 aliphatic heterocycles. The van der Waals surface area contributed by atoms with Gasteiger partial charge in [-0.05, 0) is 41.7 Å². The molecular formula is C23H27N7O. The first-order valence-electron chi connectivity index (χ1n) is 10.4. The number of carbonyl (C=O) groups excluding carboxylic acids is 1. The van der Waals surface area contributed by atoms with Crippen molar-refractivity contribution in [2.45, 2.75) is 39.2 Å². The molecule has 0 spiro atoms. The van der Waals surface area contributed by atoms with Gasteiger partial charge in [0.25, 0.3) is 5.91 Å². The molecule has 4 aromatic rings. The molecule has 0 aliphatic carbocycles. The van der Waals surface area contributed by atoms with Crippen LogP contribution in [-0.2, 0) is 12.0 Å². The molecule has 3 aromatic heterocycles. The van der Waals surface area contributed by atoms with Gasteiger partial charge in [-0.1, -0.05) is 32.9 Å². The van der Waals surface area contributed by atoms with Crippen LogP contribution in [0, 0.1) is 0 Å². The van der Waals surface area contributed by atoms with Crippen molar-refractivity contribution < 1.29 is 4.79 Å². The number of anilines is 2. The summed E-state index contributed by atoms with van der Waals surface area (Å²) in [6.45, 7) is 8.13.